The Morgan fingerprint density at radius 3 is 2.52 bits per heavy atom. The zero-order chi connectivity index (χ0) is 16.2. The van der Waals surface area contributed by atoms with Gasteiger partial charge in [0.1, 0.15) is 5.82 Å². The number of aromatic nitrogens is 2. The smallest absolute Gasteiger partial charge is 0.269 e. The van der Waals surface area contributed by atoms with Crippen LogP contribution in [0.15, 0.2) is 36.5 Å². The Morgan fingerprint density at radius 1 is 1.17 bits per heavy atom. The molecule has 120 valence electrons. The van der Waals surface area contributed by atoms with E-state index in [1.165, 1.54) is 43.5 Å². The first-order valence-corrected chi connectivity index (χ1v) is 7.74. The van der Waals surface area contributed by atoms with Crippen molar-refractivity contribution in [2.45, 2.75) is 38.1 Å². The fourth-order valence-electron chi connectivity index (χ4n) is 2.95. The van der Waals surface area contributed by atoms with Crippen LogP contribution in [0.2, 0.25) is 0 Å². The van der Waals surface area contributed by atoms with E-state index in [0.29, 0.717) is 17.4 Å². The minimum absolute atomic E-state index is 0.0335. The Hall–Kier alpha value is -2.70. The number of nitrogens with zero attached hydrogens (tertiary/aromatic N) is 3. The Bertz CT molecular complexity index is 702. The first-order chi connectivity index (χ1) is 11.1. The molecule has 0 unspecified atom stereocenters. The number of anilines is 1. The molecule has 1 heterocycles. The van der Waals surface area contributed by atoms with Crippen molar-refractivity contribution >= 4 is 17.4 Å². The highest BCUT2D eigenvalue weighted by Gasteiger charge is 2.19. The van der Waals surface area contributed by atoms with Crippen molar-refractivity contribution in [1.29, 1.82) is 0 Å². The van der Waals surface area contributed by atoms with Crippen molar-refractivity contribution in [3.05, 3.63) is 52.2 Å². The van der Waals surface area contributed by atoms with Crippen molar-refractivity contribution in [2.75, 3.05) is 5.32 Å². The quantitative estimate of drug-likeness (QED) is 0.690. The molecule has 0 atom stereocenters. The molecule has 1 aromatic carbocycles. The average Bonchev–Trinajstić information content (AvgIpc) is 3.04. The second-order valence-electron chi connectivity index (χ2n) is 5.71. The second kappa shape index (κ2) is 6.60. The van der Waals surface area contributed by atoms with Gasteiger partial charge in [-0.05, 0) is 25.0 Å². The number of hydrogen-bond acceptors (Lipinski definition) is 4. The van der Waals surface area contributed by atoms with E-state index in [2.05, 4.69) is 10.4 Å². The number of amides is 1. The normalized spacial score (nSPS) is 15.3. The average molecular weight is 314 g/mol. The Labute approximate surface area is 133 Å². The molecule has 0 saturated heterocycles. The van der Waals surface area contributed by atoms with E-state index in [9.17, 15) is 14.9 Å². The van der Waals surface area contributed by atoms with Crippen LogP contribution in [-0.2, 0) is 0 Å². The molecule has 1 amide bonds. The van der Waals surface area contributed by atoms with Crippen molar-refractivity contribution < 1.29 is 9.72 Å². The van der Waals surface area contributed by atoms with Crippen LogP contribution in [0.1, 0.15) is 48.5 Å². The lowest BCUT2D eigenvalue weighted by molar-refractivity contribution is -0.384. The van der Waals surface area contributed by atoms with Crippen molar-refractivity contribution in [3.63, 3.8) is 0 Å². The van der Waals surface area contributed by atoms with Gasteiger partial charge < -0.3 is 5.32 Å². The number of benzene rings is 1. The maximum atomic E-state index is 12.3. The monoisotopic (exact) mass is 314 g/mol. The highest BCUT2D eigenvalue weighted by atomic mass is 16.6. The molecule has 0 spiro atoms. The molecule has 1 aromatic heterocycles. The maximum Gasteiger partial charge on any atom is 0.269 e. The third kappa shape index (κ3) is 3.39. The summed E-state index contributed by atoms with van der Waals surface area (Å²) in [7, 11) is 0. The molecular weight excluding hydrogens is 296 g/mol. The number of nitro groups is 1. The number of carbonyl (C=O) groups is 1. The Kier molecular flexibility index (Phi) is 4.36. The molecule has 1 N–H and O–H groups in total. The van der Waals surface area contributed by atoms with Crippen LogP contribution < -0.4 is 5.32 Å². The summed E-state index contributed by atoms with van der Waals surface area (Å²) in [6.07, 6.45) is 7.44. The zero-order valence-electron chi connectivity index (χ0n) is 12.6. The van der Waals surface area contributed by atoms with E-state index in [4.69, 9.17) is 0 Å². The van der Waals surface area contributed by atoms with Gasteiger partial charge in [0.2, 0.25) is 0 Å². The second-order valence-corrected chi connectivity index (χ2v) is 5.71. The molecule has 0 aliphatic heterocycles. The summed E-state index contributed by atoms with van der Waals surface area (Å²) in [5.74, 6) is 0.373. The molecule has 3 rings (SSSR count). The first kappa shape index (κ1) is 15.2. The van der Waals surface area contributed by atoms with Gasteiger partial charge in [0.25, 0.3) is 11.6 Å². The van der Waals surface area contributed by atoms with Gasteiger partial charge in [-0.15, -0.1) is 0 Å². The van der Waals surface area contributed by atoms with Gasteiger partial charge in [-0.2, -0.15) is 5.10 Å². The molecule has 0 bridgehead atoms. The van der Waals surface area contributed by atoms with E-state index < -0.39 is 4.92 Å². The van der Waals surface area contributed by atoms with E-state index >= 15 is 0 Å². The lowest BCUT2D eigenvalue weighted by Crippen LogP contribution is -2.20. The summed E-state index contributed by atoms with van der Waals surface area (Å²) in [6, 6.07) is 7.66. The summed E-state index contributed by atoms with van der Waals surface area (Å²) < 4.78 is 1.88. The van der Waals surface area contributed by atoms with Crippen LogP contribution in [-0.4, -0.2) is 20.6 Å². The zero-order valence-corrected chi connectivity index (χ0v) is 12.6. The summed E-state index contributed by atoms with van der Waals surface area (Å²) in [5, 5.41) is 17.8. The van der Waals surface area contributed by atoms with Gasteiger partial charge in [-0.1, -0.05) is 19.3 Å². The predicted octanol–water partition coefficient (Wildman–Crippen LogP) is 3.55. The SMILES string of the molecule is O=C(Nc1ccnn1C1CCCCC1)c1ccc([N+](=O)[O-])cc1. The summed E-state index contributed by atoms with van der Waals surface area (Å²) in [6.45, 7) is 0. The van der Waals surface area contributed by atoms with Crippen LogP contribution in [0.5, 0.6) is 0 Å². The molecule has 1 fully saturated rings. The van der Waals surface area contributed by atoms with Gasteiger partial charge in [-0.25, -0.2) is 4.68 Å². The Morgan fingerprint density at radius 2 is 1.87 bits per heavy atom. The third-order valence-electron chi connectivity index (χ3n) is 4.17. The van der Waals surface area contributed by atoms with E-state index in [-0.39, 0.29) is 11.6 Å². The summed E-state index contributed by atoms with van der Waals surface area (Å²) in [4.78, 5) is 22.5. The fraction of sp³-hybridized carbons (Fsp3) is 0.375. The van der Waals surface area contributed by atoms with Crippen LogP contribution in [0.3, 0.4) is 0 Å². The van der Waals surface area contributed by atoms with E-state index in [0.717, 1.165) is 12.8 Å². The van der Waals surface area contributed by atoms with Gasteiger partial charge in [0.05, 0.1) is 17.2 Å². The number of carbonyl (C=O) groups excluding carboxylic acids is 1. The number of hydrogen-bond donors (Lipinski definition) is 1. The number of nitro benzene ring substituents is 1. The molecule has 1 aliphatic carbocycles. The minimum atomic E-state index is -0.486. The standard InChI is InChI=1S/C16H18N4O3/c21-16(12-6-8-14(9-7-12)20(22)23)18-15-10-11-17-19(15)13-4-2-1-3-5-13/h6-11,13H,1-5H2,(H,18,21). The molecule has 2 aromatic rings. The first-order valence-electron chi connectivity index (χ1n) is 7.74. The largest absolute Gasteiger partial charge is 0.307 e. The number of non-ortho nitro benzene ring substituents is 1. The third-order valence-corrected chi connectivity index (χ3v) is 4.17. The van der Waals surface area contributed by atoms with Gasteiger partial charge in [0, 0.05) is 23.8 Å². The van der Waals surface area contributed by atoms with Crippen LogP contribution in [0, 0.1) is 10.1 Å². The van der Waals surface area contributed by atoms with Crippen molar-refractivity contribution in [3.8, 4) is 0 Å². The maximum absolute atomic E-state index is 12.3. The molecular formula is C16H18N4O3. The fourth-order valence-corrected chi connectivity index (χ4v) is 2.95. The molecule has 7 heteroatoms. The molecule has 1 saturated carbocycles. The predicted molar refractivity (Wildman–Crippen MR) is 85.4 cm³/mol. The van der Waals surface area contributed by atoms with Crippen LogP contribution in [0.25, 0.3) is 0 Å². The van der Waals surface area contributed by atoms with Gasteiger partial charge in [-0.3, -0.25) is 14.9 Å². The minimum Gasteiger partial charge on any atom is -0.307 e. The Balaban J connectivity index is 1.73. The van der Waals surface area contributed by atoms with E-state index in [1.807, 2.05) is 4.68 Å². The van der Waals surface area contributed by atoms with Crippen LogP contribution >= 0.6 is 0 Å². The summed E-state index contributed by atoms with van der Waals surface area (Å²) >= 11 is 0. The van der Waals surface area contributed by atoms with Crippen molar-refractivity contribution in [1.82, 2.24) is 9.78 Å². The molecule has 23 heavy (non-hydrogen) atoms. The van der Waals surface area contributed by atoms with Crippen molar-refractivity contribution in [2.24, 2.45) is 0 Å². The number of rotatable bonds is 4. The topological polar surface area (TPSA) is 90.1 Å². The van der Waals surface area contributed by atoms with Crippen LogP contribution in [0.4, 0.5) is 11.5 Å². The molecule has 7 nitrogen and oxygen atoms in total. The summed E-state index contributed by atoms with van der Waals surface area (Å²) in [5.41, 5.74) is 0.348. The number of nitrogens with one attached hydrogen (secondary N) is 1. The molecule has 1 aliphatic rings. The van der Waals surface area contributed by atoms with E-state index in [1.54, 1.807) is 12.3 Å². The van der Waals surface area contributed by atoms with Gasteiger partial charge >= 0.3 is 0 Å². The highest BCUT2D eigenvalue weighted by molar-refractivity contribution is 6.03. The van der Waals surface area contributed by atoms with Gasteiger partial charge in [0.15, 0.2) is 0 Å². The highest BCUT2D eigenvalue weighted by Crippen LogP contribution is 2.30. The lowest BCUT2D eigenvalue weighted by atomic mass is 9.96. The molecule has 0 radical (unpaired) electrons. The lowest BCUT2D eigenvalue weighted by Gasteiger charge is -2.23.